The van der Waals surface area contributed by atoms with Gasteiger partial charge in [-0.15, -0.1) is 0 Å². The number of aliphatic hydroxyl groups is 1. The van der Waals surface area contributed by atoms with E-state index in [2.05, 4.69) is 10.1 Å². The molecule has 0 bridgehead atoms. The van der Waals surface area contributed by atoms with E-state index in [9.17, 15) is 9.90 Å². The van der Waals surface area contributed by atoms with Crippen molar-refractivity contribution in [2.45, 2.75) is 51.2 Å². The molecule has 0 radical (unpaired) electrons. The van der Waals surface area contributed by atoms with Crippen molar-refractivity contribution in [3.8, 4) is 0 Å². The summed E-state index contributed by atoms with van der Waals surface area (Å²) in [6.45, 7) is 2.21. The van der Waals surface area contributed by atoms with Crippen LogP contribution in [0.1, 0.15) is 39.0 Å². The minimum Gasteiger partial charge on any atom is -0.468 e. The average molecular weight is 229 g/mol. The molecule has 2 atom stereocenters. The number of aliphatic hydroxyl groups excluding tert-OH is 1. The van der Waals surface area contributed by atoms with Crippen LogP contribution in [0.3, 0.4) is 0 Å². The maximum atomic E-state index is 11.1. The quantitative estimate of drug-likeness (QED) is 0.669. The van der Waals surface area contributed by atoms with Gasteiger partial charge >= 0.3 is 5.97 Å². The molecule has 0 aromatic heterocycles. The van der Waals surface area contributed by atoms with Crippen LogP contribution in [-0.2, 0) is 9.53 Å². The molecule has 4 heteroatoms. The van der Waals surface area contributed by atoms with Crippen molar-refractivity contribution < 1.29 is 14.6 Å². The molecule has 4 nitrogen and oxygen atoms in total. The fraction of sp³-hybridized carbons (Fsp3) is 0.917. The summed E-state index contributed by atoms with van der Waals surface area (Å²) in [5, 5.41) is 12.8. The molecule has 0 aromatic rings. The summed E-state index contributed by atoms with van der Waals surface area (Å²) in [6, 6.07) is -0.344. The first-order chi connectivity index (χ1) is 7.63. The zero-order chi connectivity index (χ0) is 12.0. The Labute approximate surface area is 97.4 Å². The minimum absolute atomic E-state index is 0.284. The van der Waals surface area contributed by atoms with Crippen LogP contribution >= 0.6 is 0 Å². The van der Waals surface area contributed by atoms with Gasteiger partial charge in [0.2, 0.25) is 0 Å². The van der Waals surface area contributed by atoms with E-state index >= 15 is 0 Å². The zero-order valence-electron chi connectivity index (χ0n) is 10.2. The molecule has 0 aliphatic heterocycles. The third kappa shape index (κ3) is 4.49. The molecule has 94 valence electrons. The maximum absolute atomic E-state index is 11.1. The van der Waals surface area contributed by atoms with Crippen LogP contribution in [0.2, 0.25) is 0 Å². The molecule has 1 rings (SSSR count). The molecule has 0 heterocycles. The first-order valence-electron chi connectivity index (χ1n) is 6.12. The highest BCUT2D eigenvalue weighted by Gasteiger charge is 2.20. The fourth-order valence-electron chi connectivity index (χ4n) is 2.29. The second kappa shape index (κ2) is 6.86. The Hall–Kier alpha value is -0.610. The van der Waals surface area contributed by atoms with Gasteiger partial charge in [-0.25, -0.2) is 0 Å². The van der Waals surface area contributed by atoms with E-state index < -0.39 is 0 Å². The summed E-state index contributed by atoms with van der Waals surface area (Å²) in [6.07, 6.45) is 5.57. The van der Waals surface area contributed by atoms with Gasteiger partial charge in [-0.05, 0) is 19.3 Å². The van der Waals surface area contributed by atoms with Gasteiger partial charge in [-0.1, -0.05) is 25.7 Å². The van der Waals surface area contributed by atoms with Crippen molar-refractivity contribution in [3.05, 3.63) is 0 Å². The lowest BCUT2D eigenvalue weighted by atomic mass is 10.00. The van der Waals surface area contributed by atoms with E-state index in [1.807, 2.05) is 0 Å². The number of rotatable bonds is 6. The average Bonchev–Trinajstić information content (AvgIpc) is 2.77. The van der Waals surface area contributed by atoms with Crippen molar-refractivity contribution in [3.63, 3.8) is 0 Å². The molecular formula is C12H23NO3. The van der Waals surface area contributed by atoms with Gasteiger partial charge < -0.3 is 15.2 Å². The maximum Gasteiger partial charge on any atom is 0.322 e. The Kier molecular flexibility index (Phi) is 5.77. The summed E-state index contributed by atoms with van der Waals surface area (Å²) >= 11 is 0. The Balaban J connectivity index is 2.13. The van der Waals surface area contributed by atoms with Crippen LogP contribution in [0, 0.1) is 5.92 Å². The van der Waals surface area contributed by atoms with Gasteiger partial charge in [0.1, 0.15) is 6.04 Å². The van der Waals surface area contributed by atoms with Gasteiger partial charge in [0.05, 0.1) is 13.2 Å². The van der Waals surface area contributed by atoms with Gasteiger partial charge in [0, 0.05) is 6.54 Å². The second-order valence-electron chi connectivity index (χ2n) is 4.69. The van der Waals surface area contributed by atoms with Crippen LogP contribution < -0.4 is 5.32 Å². The highest BCUT2D eigenvalue weighted by molar-refractivity contribution is 5.75. The van der Waals surface area contributed by atoms with Gasteiger partial charge in [-0.3, -0.25) is 4.79 Å². The van der Waals surface area contributed by atoms with Gasteiger partial charge in [-0.2, -0.15) is 0 Å². The molecule has 0 saturated heterocycles. The van der Waals surface area contributed by atoms with Crippen LogP contribution in [0.4, 0.5) is 0 Å². The lowest BCUT2D eigenvalue weighted by molar-refractivity contribution is -0.142. The van der Waals surface area contributed by atoms with Crippen LogP contribution in [0.25, 0.3) is 0 Å². The number of methoxy groups -OCH3 is 1. The van der Waals surface area contributed by atoms with E-state index in [4.69, 9.17) is 0 Å². The number of carbonyl (C=O) groups excluding carboxylic acids is 1. The van der Waals surface area contributed by atoms with Crippen molar-refractivity contribution in [2.75, 3.05) is 13.7 Å². The number of hydrogen-bond donors (Lipinski definition) is 2. The topological polar surface area (TPSA) is 58.6 Å². The molecule has 0 aromatic carbocycles. The Morgan fingerprint density at radius 1 is 1.50 bits per heavy atom. The molecule has 1 fully saturated rings. The lowest BCUT2D eigenvalue weighted by Gasteiger charge is -2.18. The predicted molar refractivity (Wildman–Crippen MR) is 62.1 cm³/mol. The van der Waals surface area contributed by atoms with Crippen molar-refractivity contribution >= 4 is 5.97 Å². The van der Waals surface area contributed by atoms with Crippen LogP contribution in [0.15, 0.2) is 0 Å². The number of carbonyl (C=O) groups is 1. The van der Waals surface area contributed by atoms with E-state index in [0.29, 0.717) is 12.5 Å². The Morgan fingerprint density at radius 3 is 2.69 bits per heavy atom. The molecule has 1 saturated carbocycles. The number of esters is 1. The van der Waals surface area contributed by atoms with E-state index in [1.165, 1.54) is 32.8 Å². The number of nitrogens with one attached hydrogen (secondary N) is 1. The first-order valence-corrected chi connectivity index (χ1v) is 6.12. The molecule has 0 amide bonds. The van der Waals surface area contributed by atoms with E-state index in [0.717, 1.165) is 6.42 Å². The van der Waals surface area contributed by atoms with Crippen LogP contribution in [0.5, 0.6) is 0 Å². The molecule has 2 unspecified atom stereocenters. The molecule has 1 aliphatic rings. The normalized spacial score (nSPS) is 20.7. The third-order valence-electron chi connectivity index (χ3n) is 3.29. The number of ether oxygens (including phenoxy) is 1. The smallest absolute Gasteiger partial charge is 0.322 e. The molecule has 2 N–H and O–H groups in total. The minimum atomic E-state index is -0.352. The summed E-state index contributed by atoms with van der Waals surface area (Å²) in [5.41, 5.74) is 0. The summed E-state index contributed by atoms with van der Waals surface area (Å²) in [4.78, 5) is 11.1. The van der Waals surface area contributed by atoms with Crippen molar-refractivity contribution in [1.29, 1.82) is 0 Å². The highest BCUT2D eigenvalue weighted by Crippen LogP contribution is 2.28. The molecular weight excluding hydrogens is 206 g/mol. The van der Waals surface area contributed by atoms with E-state index in [-0.39, 0.29) is 18.1 Å². The second-order valence-corrected chi connectivity index (χ2v) is 4.69. The SMILES string of the molecule is COC(=O)C(C)NCC(O)CC1CCCC1. The predicted octanol–water partition coefficient (Wildman–Crippen LogP) is 1.08. The third-order valence-corrected chi connectivity index (χ3v) is 3.29. The summed E-state index contributed by atoms with van der Waals surface area (Å²) in [7, 11) is 1.37. The summed E-state index contributed by atoms with van der Waals surface area (Å²) < 4.78 is 4.59. The summed E-state index contributed by atoms with van der Waals surface area (Å²) in [5.74, 6) is 0.387. The van der Waals surface area contributed by atoms with Gasteiger partial charge in [0.25, 0.3) is 0 Å². The lowest BCUT2D eigenvalue weighted by Crippen LogP contribution is -2.39. The largest absolute Gasteiger partial charge is 0.468 e. The molecule has 16 heavy (non-hydrogen) atoms. The molecule has 1 aliphatic carbocycles. The van der Waals surface area contributed by atoms with Crippen LogP contribution in [-0.4, -0.2) is 36.9 Å². The van der Waals surface area contributed by atoms with Crippen molar-refractivity contribution in [1.82, 2.24) is 5.32 Å². The first kappa shape index (κ1) is 13.5. The van der Waals surface area contributed by atoms with E-state index in [1.54, 1.807) is 6.92 Å². The Morgan fingerprint density at radius 2 is 2.12 bits per heavy atom. The standard InChI is InChI=1S/C12H23NO3/c1-9(12(15)16-2)13-8-11(14)7-10-5-3-4-6-10/h9-11,13-14H,3-8H2,1-2H3. The zero-order valence-corrected chi connectivity index (χ0v) is 10.2. The van der Waals surface area contributed by atoms with Crippen molar-refractivity contribution in [2.24, 2.45) is 5.92 Å². The highest BCUT2D eigenvalue weighted by atomic mass is 16.5. The number of hydrogen-bond acceptors (Lipinski definition) is 4. The fourth-order valence-corrected chi connectivity index (χ4v) is 2.29. The monoisotopic (exact) mass is 229 g/mol. The molecule has 0 spiro atoms. The van der Waals surface area contributed by atoms with Gasteiger partial charge in [0.15, 0.2) is 0 Å². The Bertz CT molecular complexity index is 214.